The van der Waals surface area contributed by atoms with Crippen LogP contribution in [0.5, 0.6) is 0 Å². The van der Waals surface area contributed by atoms with E-state index < -0.39 is 15.7 Å². The predicted molar refractivity (Wildman–Crippen MR) is 66.6 cm³/mol. The normalized spacial score (nSPS) is 25.8. The van der Waals surface area contributed by atoms with E-state index in [4.69, 9.17) is 10.9 Å². The second-order valence-electron chi connectivity index (χ2n) is 5.29. The Labute approximate surface area is 107 Å². The summed E-state index contributed by atoms with van der Waals surface area (Å²) in [6.45, 7) is 2.96. The Balaban J connectivity index is 1.95. The summed E-state index contributed by atoms with van der Waals surface area (Å²) in [6.07, 6.45) is 1.99. The van der Waals surface area contributed by atoms with Crippen molar-refractivity contribution >= 4 is 16.1 Å². The molecule has 1 saturated heterocycles. The fraction of sp³-hybridized carbons (Fsp3) is 0.900. The molecule has 0 spiro atoms. The van der Waals surface area contributed by atoms with Crippen LogP contribution in [0.2, 0.25) is 0 Å². The van der Waals surface area contributed by atoms with E-state index in [1.54, 1.807) is 11.8 Å². The third-order valence-corrected chi connectivity index (χ3v) is 4.86. The highest BCUT2D eigenvalue weighted by Crippen LogP contribution is 2.39. The van der Waals surface area contributed by atoms with Gasteiger partial charge in [-0.05, 0) is 25.7 Å². The Kier molecular flexibility index (Phi) is 3.39. The quantitative estimate of drug-likeness (QED) is 0.651. The Hall–Kier alpha value is -0.700. The van der Waals surface area contributed by atoms with E-state index in [9.17, 15) is 13.2 Å². The highest BCUT2D eigenvalue weighted by Gasteiger charge is 2.46. The zero-order chi connectivity index (χ0) is 13.6. The minimum atomic E-state index is -3.65. The molecular formula is C10H20N4O3S. The van der Waals surface area contributed by atoms with Gasteiger partial charge in [-0.25, -0.2) is 5.14 Å². The van der Waals surface area contributed by atoms with Crippen molar-refractivity contribution in [3.8, 4) is 0 Å². The monoisotopic (exact) mass is 276 g/mol. The minimum absolute atomic E-state index is 0.0842. The number of nitrogens with two attached hydrogens (primary N) is 2. The number of carbonyl (C=O) groups excluding carboxylic acids is 1. The molecule has 104 valence electrons. The molecule has 0 aromatic rings. The molecule has 1 aliphatic heterocycles. The van der Waals surface area contributed by atoms with Gasteiger partial charge in [0.2, 0.25) is 5.91 Å². The first-order valence-corrected chi connectivity index (χ1v) is 7.59. The van der Waals surface area contributed by atoms with Gasteiger partial charge in [-0.3, -0.25) is 4.79 Å². The largest absolute Gasteiger partial charge is 0.338 e. The summed E-state index contributed by atoms with van der Waals surface area (Å²) in [4.78, 5) is 13.9. The zero-order valence-corrected chi connectivity index (χ0v) is 11.3. The summed E-state index contributed by atoms with van der Waals surface area (Å²) in [7, 11) is -3.65. The van der Waals surface area contributed by atoms with Crippen LogP contribution in [0.25, 0.3) is 0 Å². The van der Waals surface area contributed by atoms with E-state index in [0.29, 0.717) is 13.1 Å². The van der Waals surface area contributed by atoms with Gasteiger partial charge in [0, 0.05) is 26.2 Å². The summed E-state index contributed by atoms with van der Waals surface area (Å²) < 4.78 is 23.5. The van der Waals surface area contributed by atoms with Crippen LogP contribution in [-0.2, 0) is 15.0 Å². The molecule has 1 unspecified atom stereocenters. The van der Waals surface area contributed by atoms with Gasteiger partial charge in [-0.1, -0.05) is 0 Å². The average Bonchev–Trinajstić information content (AvgIpc) is 3.11. The van der Waals surface area contributed by atoms with Crippen LogP contribution in [0.1, 0.15) is 19.8 Å². The topological polar surface area (TPSA) is 110 Å². The van der Waals surface area contributed by atoms with Gasteiger partial charge in [-0.2, -0.15) is 12.7 Å². The molecule has 2 fully saturated rings. The zero-order valence-electron chi connectivity index (χ0n) is 10.5. The van der Waals surface area contributed by atoms with Crippen LogP contribution < -0.4 is 10.9 Å². The van der Waals surface area contributed by atoms with Crippen LogP contribution in [0, 0.1) is 5.92 Å². The molecule has 1 aliphatic carbocycles. The lowest BCUT2D eigenvalue weighted by atomic mass is 9.95. The molecule has 1 atom stereocenters. The van der Waals surface area contributed by atoms with Gasteiger partial charge in [0.1, 0.15) is 0 Å². The molecule has 0 radical (unpaired) electrons. The lowest BCUT2D eigenvalue weighted by Gasteiger charge is -2.37. The average molecular weight is 276 g/mol. The third-order valence-electron chi connectivity index (χ3n) is 3.77. The molecule has 1 saturated carbocycles. The molecule has 0 aromatic heterocycles. The van der Waals surface area contributed by atoms with Crippen LogP contribution in [0.3, 0.4) is 0 Å². The van der Waals surface area contributed by atoms with Crippen molar-refractivity contribution in [3.63, 3.8) is 0 Å². The molecule has 4 N–H and O–H groups in total. The molecule has 2 rings (SSSR count). The third kappa shape index (κ3) is 2.66. The summed E-state index contributed by atoms with van der Waals surface area (Å²) in [5, 5.41) is 5.05. The molecular weight excluding hydrogens is 256 g/mol. The van der Waals surface area contributed by atoms with Crippen molar-refractivity contribution in [2.24, 2.45) is 16.8 Å². The SMILES string of the molecule is CC(N)(C(=O)N1CCN(S(N)(=O)=O)CC1)C1CC1. The number of hydrogen-bond acceptors (Lipinski definition) is 4. The summed E-state index contributed by atoms with van der Waals surface area (Å²) in [6, 6.07) is 0. The van der Waals surface area contributed by atoms with Gasteiger partial charge in [0.15, 0.2) is 0 Å². The summed E-state index contributed by atoms with van der Waals surface area (Å²) >= 11 is 0. The molecule has 0 bridgehead atoms. The minimum Gasteiger partial charge on any atom is -0.338 e. The number of piperazine rings is 1. The van der Waals surface area contributed by atoms with Gasteiger partial charge in [0.25, 0.3) is 10.2 Å². The number of amides is 1. The lowest BCUT2D eigenvalue weighted by Crippen LogP contribution is -2.60. The molecule has 1 amide bonds. The summed E-state index contributed by atoms with van der Waals surface area (Å²) in [5.41, 5.74) is 5.25. The fourth-order valence-electron chi connectivity index (χ4n) is 2.34. The Morgan fingerprint density at radius 1 is 1.22 bits per heavy atom. The van der Waals surface area contributed by atoms with Crippen LogP contribution in [-0.4, -0.2) is 55.2 Å². The van der Waals surface area contributed by atoms with Gasteiger partial charge < -0.3 is 10.6 Å². The van der Waals surface area contributed by atoms with Crippen molar-refractivity contribution in [1.29, 1.82) is 0 Å². The van der Waals surface area contributed by atoms with E-state index in [-0.39, 0.29) is 24.9 Å². The second kappa shape index (κ2) is 4.44. The maximum absolute atomic E-state index is 12.3. The van der Waals surface area contributed by atoms with Gasteiger partial charge in [0.05, 0.1) is 5.54 Å². The smallest absolute Gasteiger partial charge is 0.277 e. The first-order valence-electron chi connectivity index (χ1n) is 6.09. The Morgan fingerprint density at radius 3 is 2.11 bits per heavy atom. The van der Waals surface area contributed by atoms with Crippen LogP contribution in [0.4, 0.5) is 0 Å². The number of carbonyl (C=O) groups is 1. The highest BCUT2D eigenvalue weighted by molar-refractivity contribution is 7.86. The van der Waals surface area contributed by atoms with Crippen molar-refractivity contribution in [2.45, 2.75) is 25.3 Å². The van der Waals surface area contributed by atoms with Crippen molar-refractivity contribution in [2.75, 3.05) is 26.2 Å². The Morgan fingerprint density at radius 2 is 1.72 bits per heavy atom. The van der Waals surface area contributed by atoms with Crippen LogP contribution >= 0.6 is 0 Å². The second-order valence-corrected chi connectivity index (χ2v) is 6.84. The van der Waals surface area contributed by atoms with E-state index in [1.165, 1.54) is 4.31 Å². The summed E-state index contributed by atoms with van der Waals surface area (Å²) in [5.74, 6) is 0.181. The molecule has 7 nitrogen and oxygen atoms in total. The molecule has 0 aromatic carbocycles. The highest BCUT2D eigenvalue weighted by atomic mass is 32.2. The van der Waals surface area contributed by atoms with E-state index in [2.05, 4.69) is 0 Å². The molecule has 1 heterocycles. The predicted octanol–water partition coefficient (Wildman–Crippen LogP) is -1.54. The molecule has 18 heavy (non-hydrogen) atoms. The van der Waals surface area contributed by atoms with Crippen LogP contribution in [0.15, 0.2) is 0 Å². The Bertz CT molecular complexity index is 436. The van der Waals surface area contributed by atoms with Crippen molar-refractivity contribution < 1.29 is 13.2 Å². The first kappa shape index (κ1) is 13.7. The number of rotatable bonds is 3. The number of nitrogens with zero attached hydrogens (tertiary/aromatic N) is 2. The molecule has 2 aliphatic rings. The van der Waals surface area contributed by atoms with E-state index in [1.807, 2.05) is 0 Å². The fourth-order valence-corrected chi connectivity index (χ4v) is 3.02. The van der Waals surface area contributed by atoms with Crippen molar-refractivity contribution in [1.82, 2.24) is 9.21 Å². The standard InChI is InChI=1S/C10H20N4O3S/c1-10(11,8-2-3-8)9(15)13-4-6-14(7-5-13)18(12,16)17/h8H,2-7,11H2,1H3,(H2,12,16,17). The first-order chi connectivity index (χ1) is 8.23. The van der Waals surface area contributed by atoms with Gasteiger partial charge in [-0.15, -0.1) is 0 Å². The molecule has 8 heteroatoms. The lowest BCUT2D eigenvalue weighted by molar-refractivity contribution is -0.138. The van der Waals surface area contributed by atoms with E-state index in [0.717, 1.165) is 12.8 Å². The number of hydrogen-bond donors (Lipinski definition) is 2. The maximum atomic E-state index is 12.3. The maximum Gasteiger partial charge on any atom is 0.277 e. The van der Waals surface area contributed by atoms with E-state index >= 15 is 0 Å². The van der Waals surface area contributed by atoms with Crippen molar-refractivity contribution in [3.05, 3.63) is 0 Å². The van der Waals surface area contributed by atoms with Gasteiger partial charge >= 0.3 is 0 Å².